The van der Waals surface area contributed by atoms with Gasteiger partial charge >= 0.3 is 34.1 Å². The molecule has 1 heteroatoms. The summed E-state index contributed by atoms with van der Waals surface area (Å²) in [6.45, 7) is 3.52. The van der Waals surface area contributed by atoms with Crippen LogP contribution in [0.15, 0.2) is 0 Å². The van der Waals surface area contributed by atoms with Gasteiger partial charge in [-0.05, 0) is 0 Å². The molecule has 0 nitrogen and oxygen atoms in total. The van der Waals surface area contributed by atoms with Gasteiger partial charge in [0.1, 0.15) is 0 Å². The first kappa shape index (κ1) is 4.40. The second kappa shape index (κ2) is 3.40. The zero-order chi connectivity index (χ0) is 3.41. The second-order valence-corrected chi connectivity index (χ2v) is 0.976. The second-order valence-electron chi connectivity index (χ2n) is 0.455. The zero-order valence-electron chi connectivity index (χ0n) is 2.40. The van der Waals surface area contributed by atoms with Gasteiger partial charge in [-0.25, -0.2) is 0 Å². The van der Waals surface area contributed by atoms with Crippen LogP contribution in [0.25, 0.3) is 0 Å². The Labute approximate surface area is 34.8 Å². The predicted molar refractivity (Wildman–Crippen MR) is 16.0 cm³/mol. The van der Waals surface area contributed by atoms with Crippen molar-refractivity contribution in [3.05, 3.63) is 6.92 Å². The molecule has 4 heavy (non-hydrogen) atoms. The van der Waals surface area contributed by atoms with Gasteiger partial charge in [-0.3, -0.25) is 0 Å². The molecule has 0 aliphatic carbocycles. The maximum atomic E-state index is 3.52. The zero-order valence-corrected chi connectivity index (χ0v) is 3.67. The molecule has 24 valence electrons. The van der Waals surface area contributed by atoms with Crippen LogP contribution >= 0.6 is 0 Å². The third-order valence-electron chi connectivity index (χ3n) is 0.118. The number of hydrogen-bond donors (Lipinski definition) is 0. The van der Waals surface area contributed by atoms with E-state index in [0.29, 0.717) is 0 Å². The van der Waals surface area contributed by atoms with Gasteiger partial charge in [-0.15, -0.1) is 0 Å². The van der Waals surface area contributed by atoms with Crippen molar-refractivity contribution in [3.63, 3.8) is 0 Å². The third kappa shape index (κ3) is 2.40. The minimum absolute atomic E-state index is 0.889. The Balaban J connectivity index is 2.30. The molecule has 0 unspecified atom stereocenters. The molecule has 0 N–H and O–H groups in total. The van der Waals surface area contributed by atoms with E-state index in [1.807, 2.05) is 4.88 Å². The Morgan fingerprint density at radius 1 is 2.00 bits per heavy atom. The van der Waals surface area contributed by atoms with Crippen LogP contribution in [0.5, 0.6) is 0 Å². The van der Waals surface area contributed by atoms with Crippen LogP contribution in [0.2, 0.25) is 0 Å². The molecule has 0 bridgehead atoms. The van der Waals surface area contributed by atoms with E-state index in [1.165, 1.54) is 0 Å². The van der Waals surface area contributed by atoms with E-state index in [0.717, 1.165) is 6.42 Å². The van der Waals surface area contributed by atoms with Crippen molar-refractivity contribution >= 4 is 4.88 Å². The van der Waals surface area contributed by atoms with Gasteiger partial charge in [0.05, 0.1) is 0 Å². The topological polar surface area (TPSA) is 0 Å². The molecular weight excluding hydrogens is 88.0 g/mol. The first-order valence-electron chi connectivity index (χ1n) is 1.14. The van der Waals surface area contributed by atoms with E-state index in [2.05, 4.69) is 22.8 Å². The van der Waals surface area contributed by atoms with Crippen LogP contribution < -0.4 is 0 Å². The summed E-state index contributed by atoms with van der Waals surface area (Å²) < 4.78 is 0. The van der Waals surface area contributed by atoms with Crippen molar-refractivity contribution in [2.75, 3.05) is 0 Å². The van der Waals surface area contributed by atoms with Gasteiger partial charge in [0.15, 0.2) is 0 Å². The fourth-order valence-electron chi connectivity index (χ4n) is 0. The number of hydrogen-bond acceptors (Lipinski definition) is 0. The Bertz CT molecular complexity index is 17.2. The quantitative estimate of drug-likeness (QED) is 0.415. The van der Waals surface area contributed by atoms with Crippen LogP contribution in [0, 0.1) is 6.92 Å². The standard InChI is InChI=1S/C3H5.Cr/c1-3-2;/h1H,2-3H2;/q-1;. The number of rotatable bonds is 1. The van der Waals surface area contributed by atoms with E-state index in [9.17, 15) is 0 Å². The van der Waals surface area contributed by atoms with Crippen molar-refractivity contribution in [1.82, 2.24) is 0 Å². The normalized spacial score (nSPS) is 6.25. The Kier molecular flexibility index (Phi) is 3.74. The van der Waals surface area contributed by atoms with Gasteiger partial charge in [0.2, 0.25) is 0 Å². The summed E-state index contributed by atoms with van der Waals surface area (Å²) >= 11 is 2.70. The van der Waals surface area contributed by atoms with Crippen molar-refractivity contribution in [2.24, 2.45) is 0 Å². The third-order valence-corrected chi connectivity index (χ3v) is 0.486. The first-order chi connectivity index (χ1) is 1.91. The molecule has 0 radical (unpaired) electrons. The van der Waals surface area contributed by atoms with E-state index < -0.39 is 0 Å². The van der Waals surface area contributed by atoms with E-state index in [-0.39, 0.29) is 0 Å². The van der Waals surface area contributed by atoms with Gasteiger partial charge in [0.25, 0.3) is 0 Å². The Morgan fingerprint density at radius 3 is 2.25 bits per heavy atom. The predicted octanol–water partition coefficient (Wildman–Crippen LogP) is 0.560. The molecular formula is C3H5Cr-. The van der Waals surface area contributed by atoms with Crippen molar-refractivity contribution in [1.29, 1.82) is 0 Å². The molecule has 0 aromatic carbocycles. The molecule has 0 fully saturated rings. The maximum absolute atomic E-state index is 3.52. The molecule has 0 aromatic rings. The van der Waals surface area contributed by atoms with Crippen molar-refractivity contribution in [3.8, 4) is 0 Å². The summed E-state index contributed by atoms with van der Waals surface area (Å²) in [6.07, 6.45) is 0.889. The van der Waals surface area contributed by atoms with Gasteiger partial charge in [0, 0.05) is 0 Å². The fraction of sp³-hybridized carbons (Fsp3) is 0.333. The minimum atomic E-state index is 0.889. The van der Waals surface area contributed by atoms with Crippen LogP contribution in [0.1, 0.15) is 6.42 Å². The van der Waals surface area contributed by atoms with Gasteiger partial charge in [-0.2, -0.15) is 0 Å². The SMILES string of the molecule is [CH2-]C[CH]=[Cr]. The van der Waals surface area contributed by atoms with Crippen LogP contribution in [0.3, 0.4) is 0 Å². The monoisotopic (exact) mass is 93.0 g/mol. The van der Waals surface area contributed by atoms with Crippen molar-refractivity contribution < 1.29 is 15.9 Å². The van der Waals surface area contributed by atoms with Crippen LogP contribution in [-0.2, 0) is 15.9 Å². The summed E-state index contributed by atoms with van der Waals surface area (Å²) in [6, 6.07) is 0. The molecule has 0 aliphatic heterocycles. The summed E-state index contributed by atoms with van der Waals surface area (Å²) in [7, 11) is 0. The summed E-state index contributed by atoms with van der Waals surface area (Å²) in [5, 5.41) is 0. The van der Waals surface area contributed by atoms with Gasteiger partial charge < -0.3 is 0 Å². The average Bonchev–Trinajstić information content (AvgIpc) is 1.37. The first-order valence-corrected chi connectivity index (χ1v) is 1.88. The molecule has 0 amide bonds. The van der Waals surface area contributed by atoms with E-state index >= 15 is 0 Å². The fourth-order valence-corrected chi connectivity index (χ4v) is 0. The molecule has 0 heterocycles. The van der Waals surface area contributed by atoms with Crippen molar-refractivity contribution in [2.45, 2.75) is 6.42 Å². The van der Waals surface area contributed by atoms with Gasteiger partial charge in [-0.1, -0.05) is 0 Å². The average molecular weight is 93.1 g/mol. The van der Waals surface area contributed by atoms with E-state index in [1.54, 1.807) is 0 Å². The molecule has 0 aliphatic rings. The van der Waals surface area contributed by atoms with Crippen LogP contribution in [-0.4, -0.2) is 4.88 Å². The molecule has 0 saturated carbocycles. The van der Waals surface area contributed by atoms with Crippen LogP contribution in [0.4, 0.5) is 0 Å². The summed E-state index contributed by atoms with van der Waals surface area (Å²) in [5.41, 5.74) is 0. The molecule has 0 saturated heterocycles. The molecule has 0 atom stereocenters. The molecule has 0 rings (SSSR count). The Hall–Kier alpha value is 0.402. The Morgan fingerprint density at radius 2 is 2.25 bits per heavy atom. The summed E-state index contributed by atoms with van der Waals surface area (Å²) in [5.74, 6) is 0. The summed E-state index contributed by atoms with van der Waals surface area (Å²) in [4.78, 5) is 1.89. The van der Waals surface area contributed by atoms with E-state index in [4.69, 9.17) is 0 Å². The molecule has 0 spiro atoms. The molecule has 0 aromatic heterocycles.